The molecule has 0 aliphatic heterocycles. The number of carboxylic acid groups (broad SMARTS) is 1. The second-order valence-corrected chi connectivity index (χ2v) is 5.38. The van der Waals surface area contributed by atoms with E-state index >= 15 is 0 Å². The van der Waals surface area contributed by atoms with Gasteiger partial charge in [0, 0.05) is 22.9 Å². The normalized spacial score (nSPS) is 11.1. The zero-order chi connectivity index (χ0) is 18.8. The van der Waals surface area contributed by atoms with E-state index in [2.05, 4.69) is 15.2 Å². The van der Waals surface area contributed by atoms with Crippen molar-refractivity contribution in [3.05, 3.63) is 63.8 Å². The Balaban J connectivity index is 2.12. The fourth-order valence-corrected chi connectivity index (χ4v) is 2.43. The van der Waals surface area contributed by atoms with Crippen molar-refractivity contribution in [2.24, 2.45) is 10.2 Å². The van der Waals surface area contributed by atoms with Crippen molar-refractivity contribution in [2.45, 2.75) is 6.92 Å². The van der Waals surface area contributed by atoms with E-state index in [1.54, 1.807) is 31.2 Å². The van der Waals surface area contributed by atoms with Crippen molar-refractivity contribution in [1.29, 1.82) is 0 Å². The number of aryl methyl sites for hydroxylation is 1. The fraction of sp³-hybridized carbons (Fsp3) is 0.0588. The number of carbonyl (C=O) groups is 1. The lowest BCUT2D eigenvalue weighted by atomic mass is 10.1. The third kappa shape index (κ3) is 3.05. The average Bonchev–Trinajstić information content (AvgIpc) is 2.63. The third-order valence-electron chi connectivity index (χ3n) is 3.71. The van der Waals surface area contributed by atoms with Crippen molar-refractivity contribution >= 4 is 33.9 Å². The Kier molecular flexibility index (Phi) is 4.27. The number of fused-ring (bicyclic) bond motifs is 1. The predicted molar refractivity (Wildman–Crippen MR) is 92.4 cm³/mol. The summed E-state index contributed by atoms with van der Waals surface area (Å²) in [5, 5.41) is 39.1. The van der Waals surface area contributed by atoms with Gasteiger partial charge in [0.15, 0.2) is 5.82 Å². The van der Waals surface area contributed by atoms with Crippen LogP contribution in [0.5, 0.6) is 5.75 Å². The highest BCUT2D eigenvalue weighted by Gasteiger charge is 2.16. The number of benzene rings is 2. The molecular weight excluding hydrogens is 340 g/mol. The standard InChI is InChI=1S/C17H12N4O5/c1-9-15(22)11-4-2-3-5-12(11)16(18-9)20-19-14-7-6-10(21(25)26)8-13(14)17(23)24/h2-8,22H,1H3,(H,23,24). The van der Waals surface area contributed by atoms with Crippen LogP contribution in [0.3, 0.4) is 0 Å². The van der Waals surface area contributed by atoms with Gasteiger partial charge in [-0.05, 0) is 13.0 Å². The number of azo groups is 1. The van der Waals surface area contributed by atoms with E-state index < -0.39 is 10.9 Å². The van der Waals surface area contributed by atoms with E-state index in [0.717, 1.165) is 12.1 Å². The van der Waals surface area contributed by atoms with Crippen LogP contribution in [0.25, 0.3) is 10.8 Å². The lowest BCUT2D eigenvalue weighted by Crippen LogP contribution is -1.98. The van der Waals surface area contributed by atoms with Gasteiger partial charge in [0.25, 0.3) is 5.69 Å². The Labute approximate surface area is 146 Å². The molecule has 9 nitrogen and oxygen atoms in total. The van der Waals surface area contributed by atoms with Crippen LogP contribution in [0.2, 0.25) is 0 Å². The SMILES string of the molecule is Cc1nc(N=Nc2ccc([N+](=O)[O-])cc2C(=O)O)c2ccccc2c1O. The van der Waals surface area contributed by atoms with E-state index in [-0.39, 0.29) is 28.5 Å². The summed E-state index contributed by atoms with van der Waals surface area (Å²) in [6.07, 6.45) is 0. The van der Waals surface area contributed by atoms with E-state index in [1.165, 1.54) is 6.07 Å². The Morgan fingerprint density at radius 3 is 2.50 bits per heavy atom. The molecule has 2 aromatic carbocycles. The molecule has 0 unspecified atom stereocenters. The fourth-order valence-electron chi connectivity index (χ4n) is 2.43. The number of aromatic carboxylic acids is 1. The number of nitro benzene ring substituents is 1. The molecule has 3 rings (SSSR count). The largest absolute Gasteiger partial charge is 0.505 e. The van der Waals surface area contributed by atoms with Crippen LogP contribution in [0.15, 0.2) is 52.7 Å². The van der Waals surface area contributed by atoms with Crippen molar-refractivity contribution in [3.63, 3.8) is 0 Å². The van der Waals surface area contributed by atoms with Gasteiger partial charge in [0.05, 0.1) is 16.2 Å². The zero-order valence-corrected chi connectivity index (χ0v) is 13.4. The van der Waals surface area contributed by atoms with Gasteiger partial charge in [0.2, 0.25) is 0 Å². The monoisotopic (exact) mass is 352 g/mol. The van der Waals surface area contributed by atoms with Gasteiger partial charge in [-0.3, -0.25) is 10.1 Å². The van der Waals surface area contributed by atoms with Gasteiger partial charge in [0.1, 0.15) is 11.4 Å². The number of carboxylic acids is 1. The zero-order valence-electron chi connectivity index (χ0n) is 13.4. The topological polar surface area (TPSA) is 138 Å². The number of aromatic nitrogens is 1. The van der Waals surface area contributed by atoms with Gasteiger partial charge >= 0.3 is 5.97 Å². The Morgan fingerprint density at radius 2 is 1.85 bits per heavy atom. The summed E-state index contributed by atoms with van der Waals surface area (Å²) in [7, 11) is 0. The first-order chi connectivity index (χ1) is 12.4. The van der Waals surface area contributed by atoms with E-state index in [4.69, 9.17) is 0 Å². The first kappa shape index (κ1) is 17.0. The van der Waals surface area contributed by atoms with Gasteiger partial charge in [-0.15, -0.1) is 10.2 Å². The molecule has 0 fully saturated rings. The van der Waals surface area contributed by atoms with Crippen LogP contribution in [-0.2, 0) is 0 Å². The summed E-state index contributed by atoms with van der Waals surface area (Å²) in [4.78, 5) is 25.6. The Bertz CT molecular complexity index is 1080. The molecule has 0 saturated heterocycles. The lowest BCUT2D eigenvalue weighted by molar-refractivity contribution is -0.384. The second-order valence-electron chi connectivity index (χ2n) is 5.38. The molecule has 0 aliphatic carbocycles. The van der Waals surface area contributed by atoms with Gasteiger partial charge in [-0.25, -0.2) is 9.78 Å². The van der Waals surface area contributed by atoms with Crippen molar-refractivity contribution in [3.8, 4) is 5.75 Å². The van der Waals surface area contributed by atoms with Gasteiger partial charge < -0.3 is 10.2 Å². The molecule has 3 aromatic rings. The predicted octanol–water partition coefficient (Wildman–Crippen LogP) is 4.27. The highest BCUT2D eigenvalue weighted by Crippen LogP contribution is 2.34. The molecule has 2 N–H and O–H groups in total. The smallest absolute Gasteiger partial charge is 0.338 e. The number of aromatic hydroxyl groups is 1. The van der Waals surface area contributed by atoms with Crippen molar-refractivity contribution in [1.82, 2.24) is 4.98 Å². The Hall–Kier alpha value is -3.88. The van der Waals surface area contributed by atoms with Crippen LogP contribution in [0.4, 0.5) is 17.2 Å². The average molecular weight is 352 g/mol. The molecule has 0 amide bonds. The molecule has 1 aromatic heterocycles. The van der Waals surface area contributed by atoms with Crippen molar-refractivity contribution < 1.29 is 19.9 Å². The highest BCUT2D eigenvalue weighted by molar-refractivity contribution is 5.96. The summed E-state index contributed by atoms with van der Waals surface area (Å²) >= 11 is 0. The number of hydrogen-bond acceptors (Lipinski definition) is 7. The molecule has 1 heterocycles. The number of rotatable bonds is 4. The molecule has 9 heteroatoms. The number of pyridine rings is 1. The third-order valence-corrected chi connectivity index (χ3v) is 3.71. The van der Waals surface area contributed by atoms with Gasteiger partial charge in [-0.1, -0.05) is 24.3 Å². The number of hydrogen-bond donors (Lipinski definition) is 2. The van der Waals surface area contributed by atoms with E-state index in [9.17, 15) is 25.1 Å². The van der Waals surface area contributed by atoms with Crippen LogP contribution in [-0.4, -0.2) is 26.1 Å². The minimum atomic E-state index is -1.36. The lowest BCUT2D eigenvalue weighted by Gasteiger charge is -2.06. The molecule has 0 radical (unpaired) electrons. The maximum Gasteiger partial charge on any atom is 0.338 e. The van der Waals surface area contributed by atoms with E-state index in [1.807, 2.05) is 0 Å². The van der Waals surface area contributed by atoms with E-state index in [0.29, 0.717) is 16.5 Å². The highest BCUT2D eigenvalue weighted by atomic mass is 16.6. The summed E-state index contributed by atoms with van der Waals surface area (Å²) in [6, 6.07) is 10.2. The first-order valence-corrected chi connectivity index (χ1v) is 7.40. The number of nitro groups is 1. The maximum absolute atomic E-state index is 11.3. The molecule has 0 aliphatic rings. The number of nitrogens with zero attached hydrogens (tertiary/aromatic N) is 4. The molecule has 0 bridgehead atoms. The van der Waals surface area contributed by atoms with Crippen molar-refractivity contribution in [2.75, 3.05) is 0 Å². The molecule has 130 valence electrons. The summed E-state index contributed by atoms with van der Waals surface area (Å²) in [5.74, 6) is -1.13. The second kappa shape index (κ2) is 6.55. The maximum atomic E-state index is 11.3. The number of non-ortho nitro benzene ring substituents is 1. The summed E-state index contributed by atoms with van der Waals surface area (Å²) in [5.41, 5.74) is -0.396. The summed E-state index contributed by atoms with van der Waals surface area (Å²) in [6.45, 7) is 1.61. The van der Waals surface area contributed by atoms with Gasteiger partial charge in [-0.2, -0.15) is 0 Å². The first-order valence-electron chi connectivity index (χ1n) is 7.40. The quantitative estimate of drug-likeness (QED) is 0.408. The Morgan fingerprint density at radius 1 is 1.15 bits per heavy atom. The van der Waals surface area contributed by atoms with Crippen LogP contribution in [0, 0.1) is 17.0 Å². The van der Waals surface area contributed by atoms with Crippen LogP contribution < -0.4 is 0 Å². The van der Waals surface area contributed by atoms with Crippen LogP contribution >= 0.6 is 0 Å². The minimum Gasteiger partial charge on any atom is -0.505 e. The minimum absolute atomic E-state index is 0.0288. The molecule has 0 spiro atoms. The molecule has 26 heavy (non-hydrogen) atoms. The molecular formula is C17H12N4O5. The van der Waals surface area contributed by atoms with Crippen LogP contribution in [0.1, 0.15) is 16.1 Å². The summed E-state index contributed by atoms with van der Waals surface area (Å²) < 4.78 is 0. The molecule has 0 saturated carbocycles. The molecule has 0 atom stereocenters.